The molecule has 0 aliphatic heterocycles. The lowest BCUT2D eigenvalue weighted by Gasteiger charge is -2.00. The van der Waals surface area contributed by atoms with Crippen molar-refractivity contribution >= 4 is 27.4 Å². The molecule has 3 heteroatoms. The van der Waals surface area contributed by atoms with Gasteiger partial charge in [0.05, 0.1) is 5.56 Å². The molecule has 0 unspecified atom stereocenters. The highest BCUT2D eigenvalue weighted by Gasteiger charge is 2.07. The van der Waals surface area contributed by atoms with Crippen molar-refractivity contribution in [2.75, 3.05) is 0 Å². The number of hydrogen-bond donors (Lipinski definition) is 1. The van der Waals surface area contributed by atoms with Gasteiger partial charge in [-0.2, -0.15) is 0 Å². The van der Waals surface area contributed by atoms with Gasteiger partial charge in [-0.15, -0.1) is 11.3 Å². The van der Waals surface area contributed by atoms with E-state index in [9.17, 15) is 4.79 Å². The Hall–Kier alpha value is -2.13. The van der Waals surface area contributed by atoms with Crippen LogP contribution >= 0.6 is 11.3 Å². The van der Waals surface area contributed by atoms with E-state index >= 15 is 0 Å². The van der Waals surface area contributed by atoms with E-state index in [4.69, 9.17) is 5.11 Å². The molecular weight excluding hydrogens is 244 g/mol. The van der Waals surface area contributed by atoms with Gasteiger partial charge in [0, 0.05) is 15.6 Å². The van der Waals surface area contributed by atoms with Crippen LogP contribution in [0, 0.1) is 0 Å². The molecule has 2 nitrogen and oxygen atoms in total. The summed E-state index contributed by atoms with van der Waals surface area (Å²) in [6, 6.07) is 15.2. The summed E-state index contributed by atoms with van der Waals surface area (Å²) in [5.74, 6) is -0.892. The summed E-state index contributed by atoms with van der Waals surface area (Å²) in [4.78, 5) is 10.8. The monoisotopic (exact) mass is 254 g/mol. The number of fused-ring (bicyclic) bond motifs is 1. The van der Waals surface area contributed by atoms with Gasteiger partial charge in [0.2, 0.25) is 0 Å². The maximum absolute atomic E-state index is 10.8. The Labute approximate surface area is 108 Å². The number of thiophene rings is 1. The molecule has 1 heterocycles. The Bertz CT molecular complexity index is 711. The molecule has 1 aromatic heterocycles. The SMILES string of the molecule is O=C(O)c1ccc(-c2csc3ccccc23)cc1. The van der Waals surface area contributed by atoms with E-state index in [1.165, 1.54) is 10.1 Å². The number of rotatable bonds is 2. The molecule has 3 aromatic rings. The zero-order valence-electron chi connectivity index (χ0n) is 9.46. The second kappa shape index (κ2) is 4.27. The van der Waals surface area contributed by atoms with Crippen molar-refractivity contribution in [1.29, 1.82) is 0 Å². The molecule has 0 spiro atoms. The van der Waals surface area contributed by atoms with E-state index in [1.807, 2.05) is 24.3 Å². The molecule has 0 fully saturated rings. The topological polar surface area (TPSA) is 37.3 Å². The van der Waals surface area contributed by atoms with E-state index in [-0.39, 0.29) is 0 Å². The van der Waals surface area contributed by atoms with E-state index in [0.717, 1.165) is 11.1 Å². The van der Waals surface area contributed by atoms with Gasteiger partial charge < -0.3 is 5.11 Å². The van der Waals surface area contributed by atoms with Gasteiger partial charge in [-0.3, -0.25) is 0 Å². The highest BCUT2D eigenvalue weighted by atomic mass is 32.1. The van der Waals surface area contributed by atoms with Crippen molar-refractivity contribution in [3.63, 3.8) is 0 Å². The van der Waals surface area contributed by atoms with Crippen LogP contribution in [0.3, 0.4) is 0 Å². The summed E-state index contributed by atoms with van der Waals surface area (Å²) < 4.78 is 1.25. The molecule has 0 radical (unpaired) electrons. The maximum atomic E-state index is 10.8. The first-order chi connectivity index (χ1) is 8.75. The van der Waals surface area contributed by atoms with Crippen molar-refractivity contribution < 1.29 is 9.90 Å². The highest BCUT2D eigenvalue weighted by Crippen LogP contribution is 2.33. The van der Waals surface area contributed by atoms with Crippen LogP contribution < -0.4 is 0 Å². The standard InChI is InChI=1S/C15H10O2S/c16-15(17)11-7-5-10(6-8-11)13-9-18-14-4-2-1-3-12(13)14/h1-9H,(H,16,17). The highest BCUT2D eigenvalue weighted by molar-refractivity contribution is 7.17. The fourth-order valence-corrected chi connectivity index (χ4v) is 2.96. The fourth-order valence-electron chi connectivity index (χ4n) is 1.99. The number of carboxylic acids is 1. The number of benzene rings is 2. The molecule has 3 rings (SSSR count). The van der Waals surface area contributed by atoms with Crippen molar-refractivity contribution in [2.45, 2.75) is 0 Å². The third kappa shape index (κ3) is 1.79. The van der Waals surface area contributed by atoms with Gasteiger partial charge >= 0.3 is 5.97 Å². The average molecular weight is 254 g/mol. The summed E-state index contributed by atoms with van der Waals surface area (Å²) in [5, 5.41) is 12.2. The van der Waals surface area contributed by atoms with Crippen LogP contribution in [0.15, 0.2) is 53.9 Å². The maximum Gasteiger partial charge on any atom is 0.335 e. The first-order valence-electron chi connectivity index (χ1n) is 5.55. The number of carboxylic acid groups (broad SMARTS) is 1. The fraction of sp³-hybridized carbons (Fsp3) is 0. The van der Waals surface area contributed by atoms with Crippen molar-refractivity contribution in [3.05, 3.63) is 59.5 Å². The minimum absolute atomic E-state index is 0.318. The Kier molecular flexibility index (Phi) is 2.61. The first kappa shape index (κ1) is 11.0. The molecule has 2 aromatic carbocycles. The zero-order valence-corrected chi connectivity index (χ0v) is 10.3. The van der Waals surface area contributed by atoms with Gasteiger partial charge in [-0.25, -0.2) is 4.79 Å². The predicted octanol–water partition coefficient (Wildman–Crippen LogP) is 4.27. The van der Waals surface area contributed by atoms with Gasteiger partial charge in [0.25, 0.3) is 0 Å². The molecule has 0 saturated carbocycles. The molecular formula is C15H10O2S. The van der Waals surface area contributed by atoms with Crippen molar-refractivity contribution in [1.82, 2.24) is 0 Å². The van der Waals surface area contributed by atoms with E-state index in [2.05, 4.69) is 17.5 Å². The number of aromatic carboxylic acids is 1. The molecule has 0 saturated heterocycles. The second-order valence-electron chi connectivity index (χ2n) is 4.03. The van der Waals surface area contributed by atoms with Crippen LogP contribution in [0.2, 0.25) is 0 Å². The Morgan fingerprint density at radius 2 is 1.72 bits per heavy atom. The third-order valence-corrected chi connectivity index (χ3v) is 3.89. The summed E-state index contributed by atoms with van der Waals surface area (Å²) in [6.07, 6.45) is 0. The average Bonchev–Trinajstić information content (AvgIpc) is 2.82. The molecule has 0 aliphatic rings. The predicted molar refractivity (Wildman–Crippen MR) is 74.2 cm³/mol. The molecule has 0 atom stereocenters. The smallest absolute Gasteiger partial charge is 0.335 e. The van der Waals surface area contributed by atoms with Crippen molar-refractivity contribution in [2.24, 2.45) is 0 Å². The number of carbonyl (C=O) groups is 1. The Morgan fingerprint density at radius 3 is 2.44 bits per heavy atom. The van der Waals surface area contributed by atoms with Crippen LogP contribution in [-0.4, -0.2) is 11.1 Å². The van der Waals surface area contributed by atoms with Gasteiger partial charge in [0.1, 0.15) is 0 Å². The van der Waals surface area contributed by atoms with E-state index in [1.54, 1.807) is 23.5 Å². The van der Waals surface area contributed by atoms with Crippen LogP contribution in [0.4, 0.5) is 0 Å². The minimum atomic E-state index is -0.892. The molecule has 1 N–H and O–H groups in total. The molecule has 18 heavy (non-hydrogen) atoms. The second-order valence-corrected chi connectivity index (χ2v) is 4.94. The lowest BCUT2D eigenvalue weighted by Crippen LogP contribution is -1.94. The molecule has 88 valence electrons. The van der Waals surface area contributed by atoms with Crippen LogP contribution in [0.1, 0.15) is 10.4 Å². The van der Waals surface area contributed by atoms with Crippen molar-refractivity contribution in [3.8, 4) is 11.1 Å². The molecule has 0 aliphatic carbocycles. The van der Waals surface area contributed by atoms with E-state index < -0.39 is 5.97 Å². The lowest BCUT2D eigenvalue weighted by molar-refractivity contribution is 0.0697. The van der Waals surface area contributed by atoms with Gasteiger partial charge in [0.15, 0.2) is 0 Å². The summed E-state index contributed by atoms with van der Waals surface area (Å²) >= 11 is 1.70. The van der Waals surface area contributed by atoms with E-state index in [0.29, 0.717) is 5.56 Å². The summed E-state index contributed by atoms with van der Waals surface area (Å²) in [6.45, 7) is 0. The lowest BCUT2D eigenvalue weighted by atomic mass is 10.0. The van der Waals surface area contributed by atoms with Gasteiger partial charge in [-0.05, 0) is 29.1 Å². The Balaban J connectivity index is 2.12. The largest absolute Gasteiger partial charge is 0.478 e. The first-order valence-corrected chi connectivity index (χ1v) is 6.43. The van der Waals surface area contributed by atoms with Crippen LogP contribution in [0.25, 0.3) is 21.2 Å². The summed E-state index contributed by atoms with van der Waals surface area (Å²) in [5.41, 5.74) is 2.53. The van der Waals surface area contributed by atoms with Crippen LogP contribution in [-0.2, 0) is 0 Å². The quantitative estimate of drug-likeness (QED) is 0.741. The molecule has 0 amide bonds. The third-order valence-electron chi connectivity index (χ3n) is 2.92. The van der Waals surface area contributed by atoms with Gasteiger partial charge in [-0.1, -0.05) is 30.3 Å². The zero-order chi connectivity index (χ0) is 12.5. The normalized spacial score (nSPS) is 10.7. The molecule has 0 bridgehead atoms. The number of hydrogen-bond acceptors (Lipinski definition) is 2. The Morgan fingerprint density at radius 1 is 1.00 bits per heavy atom. The summed E-state index contributed by atoms with van der Waals surface area (Å²) in [7, 11) is 0. The minimum Gasteiger partial charge on any atom is -0.478 e. The van der Waals surface area contributed by atoms with Crippen LogP contribution in [0.5, 0.6) is 0 Å².